The lowest BCUT2D eigenvalue weighted by Gasteiger charge is -2.02. The Labute approximate surface area is 66.0 Å². The molecule has 0 aromatic carbocycles. The third-order valence-corrected chi connectivity index (χ3v) is 1.98. The molecule has 11 heavy (non-hydrogen) atoms. The Morgan fingerprint density at radius 2 is 2.45 bits per heavy atom. The summed E-state index contributed by atoms with van der Waals surface area (Å²) in [7, 11) is 0. The lowest BCUT2D eigenvalue weighted by Crippen LogP contribution is -1.94. The van der Waals surface area contributed by atoms with E-state index in [-0.39, 0.29) is 0 Å². The molecular formula is C8H12N2O. The van der Waals surface area contributed by atoms with Crippen molar-refractivity contribution >= 4 is 0 Å². The molecule has 60 valence electrons. The highest BCUT2D eigenvalue weighted by atomic mass is 16.5. The Bertz CT molecular complexity index is 265. The topological polar surface area (TPSA) is 27.1 Å². The van der Waals surface area contributed by atoms with Crippen molar-refractivity contribution in [3.63, 3.8) is 0 Å². The fourth-order valence-electron chi connectivity index (χ4n) is 1.33. The monoisotopic (exact) mass is 152 g/mol. The van der Waals surface area contributed by atoms with E-state index in [4.69, 9.17) is 4.74 Å². The van der Waals surface area contributed by atoms with Gasteiger partial charge >= 0.3 is 0 Å². The number of nitrogens with zero attached hydrogens (tertiary/aromatic N) is 2. The van der Waals surface area contributed by atoms with Crippen LogP contribution in [-0.2, 0) is 6.54 Å². The minimum atomic E-state index is 0.511. The molecule has 1 aliphatic heterocycles. The number of rotatable bonds is 1. The molecule has 0 spiro atoms. The summed E-state index contributed by atoms with van der Waals surface area (Å²) in [5.41, 5.74) is 1.22. The van der Waals surface area contributed by atoms with E-state index in [1.54, 1.807) is 0 Å². The molecule has 1 aromatic rings. The zero-order valence-electron chi connectivity index (χ0n) is 6.87. The number of hydrogen-bond acceptors (Lipinski definition) is 2. The molecule has 0 aliphatic carbocycles. The minimum Gasteiger partial charge on any atom is -0.476 e. The van der Waals surface area contributed by atoms with Gasteiger partial charge in [0, 0.05) is 5.56 Å². The lowest BCUT2D eigenvalue weighted by atomic mass is 10.1. The average Bonchev–Trinajstić information content (AvgIpc) is 2.41. The van der Waals surface area contributed by atoms with Gasteiger partial charge in [0.2, 0.25) is 5.88 Å². The Balaban J connectivity index is 2.42. The predicted molar refractivity (Wildman–Crippen MR) is 41.8 cm³/mol. The molecule has 0 atom stereocenters. The Hall–Kier alpha value is -0.990. The maximum atomic E-state index is 5.43. The van der Waals surface area contributed by atoms with Gasteiger partial charge in [0.1, 0.15) is 6.61 Å². The van der Waals surface area contributed by atoms with E-state index in [9.17, 15) is 0 Å². The quantitative estimate of drug-likeness (QED) is 0.608. The zero-order valence-corrected chi connectivity index (χ0v) is 6.87. The van der Waals surface area contributed by atoms with E-state index in [1.165, 1.54) is 5.56 Å². The first-order valence-corrected chi connectivity index (χ1v) is 3.97. The van der Waals surface area contributed by atoms with Crippen molar-refractivity contribution in [2.75, 3.05) is 6.61 Å². The predicted octanol–water partition coefficient (Wildman–Crippen LogP) is 1.40. The molecule has 2 rings (SSSR count). The van der Waals surface area contributed by atoms with Gasteiger partial charge in [-0.1, -0.05) is 13.8 Å². The van der Waals surface area contributed by atoms with Crippen molar-refractivity contribution in [1.82, 2.24) is 9.78 Å². The number of fused-ring (bicyclic) bond motifs is 1. The van der Waals surface area contributed by atoms with Crippen LogP contribution in [0.5, 0.6) is 5.88 Å². The van der Waals surface area contributed by atoms with Gasteiger partial charge in [-0.2, -0.15) is 5.10 Å². The van der Waals surface area contributed by atoms with Crippen LogP contribution in [0.1, 0.15) is 25.3 Å². The largest absolute Gasteiger partial charge is 0.476 e. The van der Waals surface area contributed by atoms with E-state index in [2.05, 4.69) is 18.9 Å². The normalized spacial score (nSPS) is 15.2. The standard InChI is InChI=1S/C8H12N2O/c1-6(2)7-5-9-10-3-4-11-8(7)10/h5-6H,3-4H2,1-2H3. The summed E-state index contributed by atoms with van der Waals surface area (Å²) in [6, 6.07) is 0. The van der Waals surface area contributed by atoms with Crippen molar-refractivity contribution < 1.29 is 4.74 Å². The lowest BCUT2D eigenvalue weighted by molar-refractivity contribution is 0.352. The maximum absolute atomic E-state index is 5.43. The summed E-state index contributed by atoms with van der Waals surface area (Å²) >= 11 is 0. The van der Waals surface area contributed by atoms with Crippen LogP contribution in [0.3, 0.4) is 0 Å². The molecule has 0 radical (unpaired) electrons. The van der Waals surface area contributed by atoms with Crippen molar-refractivity contribution in [1.29, 1.82) is 0 Å². The van der Waals surface area contributed by atoms with Gasteiger partial charge in [0.05, 0.1) is 12.7 Å². The summed E-state index contributed by atoms with van der Waals surface area (Å²) < 4.78 is 7.36. The SMILES string of the molecule is CC(C)c1cnn2c1OCC2. The van der Waals surface area contributed by atoms with Crippen LogP contribution < -0.4 is 4.74 Å². The van der Waals surface area contributed by atoms with Crippen LogP contribution >= 0.6 is 0 Å². The van der Waals surface area contributed by atoms with Crippen molar-refractivity contribution in [3.8, 4) is 5.88 Å². The molecule has 0 bridgehead atoms. The third kappa shape index (κ3) is 0.914. The molecule has 0 unspecified atom stereocenters. The molecule has 0 N–H and O–H groups in total. The first-order valence-electron chi connectivity index (χ1n) is 3.97. The Morgan fingerprint density at radius 1 is 1.64 bits per heavy atom. The third-order valence-electron chi connectivity index (χ3n) is 1.98. The second-order valence-electron chi connectivity index (χ2n) is 3.13. The second-order valence-corrected chi connectivity index (χ2v) is 3.13. The second kappa shape index (κ2) is 2.26. The molecular weight excluding hydrogens is 140 g/mol. The molecule has 3 nitrogen and oxygen atoms in total. The van der Waals surface area contributed by atoms with Gasteiger partial charge in [0.15, 0.2) is 0 Å². The van der Waals surface area contributed by atoms with Crippen LogP contribution in [0.2, 0.25) is 0 Å². The van der Waals surface area contributed by atoms with Crippen LogP contribution in [0.15, 0.2) is 6.20 Å². The van der Waals surface area contributed by atoms with Gasteiger partial charge in [-0.15, -0.1) is 0 Å². The van der Waals surface area contributed by atoms with E-state index in [0.29, 0.717) is 5.92 Å². The number of ether oxygens (including phenoxy) is 1. The molecule has 0 amide bonds. The summed E-state index contributed by atoms with van der Waals surface area (Å²) in [5, 5.41) is 4.21. The van der Waals surface area contributed by atoms with Crippen LogP contribution in [-0.4, -0.2) is 16.4 Å². The molecule has 1 aliphatic rings. The number of hydrogen-bond donors (Lipinski definition) is 0. The van der Waals surface area contributed by atoms with Crippen molar-refractivity contribution in [3.05, 3.63) is 11.8 Å². The fourth-order valence-corrected chi connectivity index (χ4v) is 1.33. The molecule has 0 saturated carbocycles. The first kappa shape index (κ1) is 6.70. The molecule has 0 fully saturated rings. The van der Waals surface area contributed by atoms with Crippen LogP contribution in [0.25, 0.3) is 0 Å². The summed E-state index contributed by atoms with van der Waals surface area (Å²) in [5.74, 6) is 1.48. The summed E-state index contributed by atoms with van der Waals surface area (Å²) in [6.45, 7) is 5.99. The van der Waals surface area contributed by atoms with E-state index < -0.39 is 0 Å². The van der Waals surface area contributed by atoms with E-state index >= 15 is 0 Å². The Kier molecular flexibility index (Phi) is 1.37. The zero-order chi connectivity index (χ0) is 7.84. The van der Waals surface area contributed by atoms with E-state index in [1.807, 2.05) is 10.9 Å². The molecule has 3 heteroatoms. The van der Waals surface area contributed by atoms with Crippen LogP contribution in [0, 0.1) is 0 Å². The van der Waals surface area contributed by atoms with E-state index in [0.717, 1.165) is 19.0 Å². The summed E-state index contributed by atoms with van der Waals surface area (Å²) in [6.07, 6.45) is 1.90. The summed E-state index contributed by atoms with van der Waals surface area (Å²) in [4.78, 5) is 0. The molecule has 2 heterocycles. The van der Waals surface area contributed by atoms with Gasteiger partial charge in [-0.05, 0) is 5.92 Å². The van der Waals surface area contributed by atoms with Crippen molar-refractivity contribution in [2.45, 2.75) is 26.3 Å². The smallest absolute Gasteiger partial charge is 0.215 e. The highest BCUT2D eigenvalue weighted by Crippen LogP contribution is 2.28. The van der Waals surface area contributed by atoms with Gasteiger partial charge < -0.3 is 4.74 Å². The Morgan fingerprint density at radius 3 is 3.18 bits per heavy atom. The van der Waals surface area contributed by atoms with Gasteiger partial charge in [-0.25, -0.2) is 4.68 Å². The number of aromatic nitrogens is 2. The highest BCUT2D eigenvalue weighted by molar-refractivity contribution is 5.28. The highest BCUT2D eigenvalue weighted by Gasteiger charge is 2.18. The van der Waals surface area contributed by atoms with Gasteiger partial charge in [0.25, 0.3) is 0 Å². The maximum Gasteiger partial charge on any atom is 0.215 e. The fraction of sp³-hybridized carbons (Fsp3) is 0.625. The van der Waals surface area contributed by atoms with Crippen LogP contribution in [0.4, 0.5) is 0 Å². The molecule has 0 saturated heterocycles. The van der Waals surface area contributed by atoms with Crippen molar-refractivity contribution in [2.24, 2.45) is 0 Å². The average molecular weight is 152 g/mol. The first-order chi connectivity index (χ1) is 5.29. The minimum absolute atomic E-state index is 0.511. The molecule has 1 aromatic heterocycles. The van der Waals surface area contributed by atoms with Gasteiger partial charge in [-0.3, -0.25) is 0 Å².